The molecule has 3 nitrogen and oxygen atoms in total. The number of hydrogen-bond acceptors (Lipinski definition) is 3. The molecule has 106 valence electrons. The maximum atomic E-state index is 11.8. The zero-order valence-corrected chi connectivity index (χ0v) is 12.5. The second-order valence-corrected chi connectivity index (χ2v) is 5.19. The third-order valence-electron chi connectivity index (χ3n) is 2.77. The molecule has 0 saturated heterocycles. The summed E-state index contributed by atoms with van der Waals surface area (Å²) < 4.78 is 5.22. The van der Waals surface area contributed by atoms with E-state index in [4.69, 9.17) is 33.2 Å². The highest BCUT2D eigenvalue weighted by molar-refractivity contribution is 6.42. The van der Waals surface area contributed by atoms with Gasteiger partial charge in [-0.1, -0.05) is 41.4 Å². The topological polar surface area (TPSA) is 50.1 Å². The van der Waals surface area contributed by atoms with Crippen LogP contribution in [0, 0.1) is 11.3 Å². The highest BCUT2D eigenvalue weighted by Gasteiger charge is 2.08. The predicted octanol–water partition coefficient (Wildman–Crippen LogP) is 4.21. The average Bonchev–Trinajstić information content (AvgIpc) is 2.45. The summed E-state index contributed by atoms with van der Waals surface area (Å²) in [5.41, 5.74) is 1.61. The van der Waals surface area contributed by atoms with Crippen molar-refractivity contribution in [3.63, 3.8) is 0 Å². The van der Waals surface area contributed by atoms with E-state index in [1.165, 1.54) is 0 Å². The van der Waals surface area contributed by atoms with Crippen LogP contribution in [-0.4, -0.2) is 5.97 Å². The molecule has 5 heteroatoms. The Hall–Kier alpha value is -2.02. The van der Waals surface area contributed by atoms with Gasteiger partial charge in [0.2, 0.25) is 0 Å². The Bertz CT molecular complexity index is 690. The van der Waals surface area contributed by atoms with Gasteiger partial charge >= 0.3 is 5.97 Å². The second kappa shape index (κ2) is 7.12. The molecule has 0 unspecified atom stereocenters. The second-order valence-electron chi connectivity index (χ2n) is 4.38. The first-order valence-electron chi connectivity index (χ1n) is 6.19. The van der Waals surface area contributed by atoms with Crippen molar-refractivity contribution in [2.45, 2.75) is 12.8 Å². The molecule has 0 amide bonds. The SMILES string of the molecule is N#CCc1ccc(OC(=O)Cc2ccc(Cl)c(Cl)c2)cc1. The van der Waals surface area contributed by atoms with Gasteiger partial charge < -0.3 is 4.74 Å². The molecule has 0 aliphatic rings. The van der Waals surface area contributed by atoms with E-state index in [1.807, 2.05) is 0 Å². The fourth-order valence-corrected chi connectivity index (χ4v) is 2.07. The molecular formula is C16H11Cl2NO2. The molecule has 21 heavy (non-hydrogen) atoms. The molecule has 0 heterocycles. The molecule has 2 rings (SSSR count). The summed E-state index contributed by atoms with van der Waals surface area (Å²) in [6, 6.07) is 13.9. The van der Waals surface area contributed by atoms with Gasteiger partial charge in [-0.3, -0.25) is 4.79 Å². The maximum absolute atomic E-state index is 11.8. The molecular weight excluding hydrogens is 309 g/mol. The van der Waals surface area contributed by atoms with Crippen molar-refractivity contribution >= 4 is 29.2 Å². The standard InChI is InChI=1S/C16H11Cl2NO2/c17-14-6-3-12(9-15(14)18)10-16(20)21-13-4-1-11(2-5-13)7-8-19/h1-6,9H,7,10H2. The Morgan fingerprint density at radius 2 is 1.71 bits per heavy atom. The summed E-state index contributed by atoms with van der Waals surface area (Å²) in [6.45, 7) is 0. The van der Waals surface area contributed by atoms with E-state index in [0.29, 0.717) is 22.2 Å². The number of carbonyl (C=O) groups excluding carboxylic acids is 1. The van der Waals surface area contributed by atoms with Crippen LogP contribution < -0.4 is 4.74 Å². The highest BCUT2D eigenvalue weighted by atomic mass is 35.5. The number of nitriles is 1. The Morgan fingerprint density at radius 3 is 2.33 bits per heavy atom. The van der Waals surface area contributed by atoms with Gasteiger partial charge in [-0.15, -0.1) is 0 Å². The van der Waals surface area contributed by atoms with Crippen LogP contribution in [0.5, 0.6) is 5.75 Å². The first-order chi connectivity index (χ1) is 10.1. The summed E-state index contributed by atoms with van der Waals surface area (Å²) in [5.74, 6) is 0.0585. The lowest BCUT2D eigenvalue weighted by atomic mass is 10.1. The van der Waals surface area contributed by atoms with Gasteiger partial charge in [0.1, 0.15) is 5.75 Å². The number of benzene rings is 2. The summed E-state index contributed by atoms with van der Waals surface area (Å²) in [7, 11) is 0. The molecule has 0 aromatic heterocycles. The molecule has 2 aromatic rings. The van der Waals surface area contributed by atoms with Crippen LogP contribution >= 0.6 is 23.2 Å². The van der Waals surface area contributed by atoms with Crippen LogP contribution in [-0.2, 0) is 17.6 Å². The molecule has 0 saturated carbocycles. The zero-order valence-electron chi connectivity index (χ0n) is 11.0. The number of nitrogens with zero attached hydrogens (tertiary/aromatic N) is 1. The fourth-order valence-electron chi connectivity index (χ4n) is 1.75. The van der Waals surface area contributed by atoms with Crippen LogP contribution in [0.2, 0.25) is 10.0 Å². The van der Waals surface area contributed by atoms with Gasteiger partial charge in [0.15, 0.2) is 0 Å². The van der Waals surface area contributed by atoms with Crippen molar-refractivity contribution in [1.29, 1.82) is 5.26 Å². The summed E-state index contributed by atoms with van der Waals surface area (Å²) in [5, 5.41) is 9.44. The lowest BCUT2D eigenvalue weighted by molar-refractivity contribution is -0.133. The summed E-state index contributed by atoms with van der Waals surface area (Å²) in [4.78, 5) is 11.8. The van der Waals surface area contributed by atoms with Crippen molar-refractivity contribution in [3.8, 4) is 11.8 Å². The molecule has 0 radical (unpaired) electrons. The zero-order chi connectivity index (χ0) is 15.2. The minimum absolute atomic E-state index is 0.108. The van der Waals surface area contributed by atoms with E-state index in [-0.39, 0.29) is 12.4 Å². The van der Waals surface area contributed by atoms with Crippen LogP contribution in [0.25, 0.3) is 0 Å². The van der Waals surface area contributed by atoms with Crippen LogP contribution in [0.4, 0.5) is 0 Å². The molecule has 0 spiro atoms. The predicted molar refractivity (Wildman–Crippen MR) is 81.6 cm³/mol. The number of carbonyl (C=O) groups is 1. The van der Waals surface area contributed by atoms with Gasteiger partial charge in [-0.2, -0.15) is 5.26 Å². The van der Waals surface area contributed by atoms with E-state index >= 15 is 0 Å². The van der Waals surface area contributed by atoms with Crippen LogP contribution in [0.3, 0.4) is 0 Å². The first kappa shape index (κ1) is 15.4. The molecule has 0 fully saturated rings. The minimum atomic E-state index is -0.388. The van der Waals surface area contributed by atoms with Gasteiger partial charge in [0.25, 0.3) is 0 Å². The molecule has 0 aliphatic carbocycles. The minimum Gasteiger partial charge on any atom is -0.426 e. The number of rotatable bonds is 4. The third-order valence-corrected chi connectivity index (χ3v) is 3.51. The van der Waals surface area contributed by atoms with Gasteiger partial charge in [-0.05, 0) is 35.4 Å². The van der Waals surface area contributed by atoms with Crippen molar-refractivity contribution < 1.29 is 9.53 Å². The van der Waals surface area contributed by atoms with Crippen molar-refractivity contribution in [2.75, 3.05) is 0 Å². The van der Waals surface area contributed by atoms with Gasteiger partial charge in [0.05, 0.1) is 29.0 Å². The summed E-state index contributed by atoms with van der Waals surface area (Å²) in [6.07, 6.45) is 0.439. The maximum Gasteiger partial charge on any atom is 0.315 e. The Morgan fingerprint density at radius 1 is 1.05 bits per heavy atom. The Labute approximate surface area is 132 Å². The normalized spacial score (nSPS) is 9.95. The number of esters is 1. The quantitative estimate of drug-likeness (QED) is 0.626. The fraction of sp³-hybridized carbons (Fsp3) is 0.125. The first-order valence-corrected chi connectivity index (χ1v) is 6.94. The van der Waals surface area contributed by atoms with E-state index in [1.54, 1.807) is 42.5 Å². The van der Waals surface area contributed by atoms with E-state index < -0.39 is 0 Å². The van der Waals surface area contributed by atoms with Crippen molar-refractivity contribution in [1.82, 2.24) is 0 Å². The van der Waals surface area contributed by atoms with Gasteiger partial charge in [0, 0.05) is 0 Å². The average molecular weight is 320 g/mol. The molecule has 0 atom stereocenters. The van der Waals surface area contributed by atoms with Gasteiger partial charge in [-0.25, -0.2) is 0 Å². The molecule has 0 N–H and O–H groups in total. The number of ether oxygens (including phenoxy) is 1. The smallest absolute Gasteiger partial charge is 0.315 e. The van der Waals surface area contributed by atoms with Crippen LogP contribution in [0.15, 0.2) is 42.5 Å². The monoisotopic (exact) mass is 319 g/mol. The van der Waals surface area contributed by atoms with E-state index in [0.717, 1.165) is 11.1 Å². The van der Waals surface area contributed by atoms with Crippen LogP contribution in [0.1, 0.15) is 11.1 Å². The Balaban J connectivity index is 1.98. The Kier molecular flexibility index (Phi) is 5.21. The number of halogens is 2. The lowest BCUT2D eigenvalue weighted by Gasteiger charge is -2.06. The highest BCUT2D eigenvalue weighted by Crippen LogP contribution is 2.23. The van der Waals surface area contributed by atoms with Crippen molar-refractivity contribution in [3.05, 3.63) is 63.6 Å². The summed E-state index contributed by atoms with van der Waals surface area (Å²) >= 11 is 11.7. The third kappa shape index (κ3) is 4.49. The molecule has 2 aromatic carbocycles. The lowest BCUT2D eigenvalue weighted by Crippen LogP contribution is -2.11. The number of hydrogen-bond donors (Lipinski definition) is 0. The van der Waals surface area contributed by atoms with Crippen molar-refractivity contribution in [2.24, 2.45) is 0 Å². The molecule has 0 aliphatic heterocycles. The van der Waals surface area contributed by atoms with E-state index in [2.05, 4.69) is 6.07 Å². The van der Waals surface area contributed by atoms with E-state index in [9.17, 15) is 4.79 Å². The largest absolute Gasteiger partial charge is 0.426 e. The molecule has 0 bridgehead atoms.